The summed E-state index contributed by atoms with van der Waals surface area (Å²) in [4.78, 5) is 31.8. The minimum absolute atomic E-state index is 0.356. The van der Waals surface area contributed by atoms with Gasteiger partial charge in [-0.25, -0.2) is 9.78 Å². The van der Waals surface area contributed by atoms with Crippen molar-refractivity contribution in [2.24, 2.45) is 0 Å². The van der Waals surface area contributed by atoms with Crippen LogP contribution in [0.4, 0.5) is 5.82 Å². The summed E-state index contributed by atoms with van der Waals surface area (Å²) in [5.74, 6) is -0.542. The number of rotatable bonds is 5. The molecule has 0 spiro atoms. The first-order valence-electron chi connectivity index (χ1n) is 6.53. The molecule has 21 heavy (non-hydrogen) atoms. The average Bonchev–Trinajstić information content (AvgIpc) is 2.54. The van der Waals surface area contributed by atoms with Crippen molar-refractivity contribution in [1.82, 2.24) is 9.97 Å². The minimum atomic E-state index is -0.868. The van der Waals surface area contributed by atoms with E-state index in [0.29, 0.717) is 17.8 Å². The van der Waals surface area contributed by atoms with Crippen LogP contribution in [0.25, 0.3) is 0 Å². The maximum Gasteiger partial charge on any atom is 0.339 e. The van der Waals surface area contributed by atoms with E-state index in [1.165, 1.54) is 24.5 Å². The minimum Gasteiger partial charge on any atom is -0.449 e. The number of hydrogen-bond acceptors (Lipinski definition) is 5. The number of carbonyl (C=O) groups excluding carboxylic acids is 2. The van der Waals surface area contributed by atoms with Crippen molar-refractivity contribution < 1.29 is 14.3 Å². The SMILES string of the molecule is CCC(OC(=O)c1ccncc1)C(=O)Nc1ccccn1. The van der Waals surface area contributed by atoms with Gasteiger partial charge in [0.25, 0.3) is 5.91 Å². The zero-order chi connectivity index (χ0) is 15.1. The second-order valence-corrected chi connectivity index (χ2v) is 4.24. The molecule has 0 aliphatic carbocycles. The highest BCUT2D eigenvalue weighted by atomic mass is 16.5. The van der Waals surface area contributed by atoms with Crippen LogP contribution in [0.15, 0.2) is 48.9 Å². The molecule has 0 aromatic carbocycles. The van der Waals surface area contributed by atoms with E-state index in [1.807, 2.05) is 0 Å². The number of pyridine rings is 2. The second kappa shape index (κ2) is 7.14. The summed E-state index contributed by atoms with van der Waals surface area (Å²) in [5.41, 5.74) is 0.356. The predicted molar refractivity (Wildman–Crippen MR) is 76.6 cm³/mol. The third kappa shape index (κ3) is 4.10. The Morgan fingerprint density at radius 1 is 1.19 bits per heavy atom. The number of ether oxygens (including phenoxy) is 1. The van der Waals surface area contributed by atoms with Gasteiger partial charge < -0.3 is 10.1 Å². The zero-order valence-corrected chi connectivity index (χ0v) is 11.5. The normalized spacial score (nSPS) is 11.5. The molecule has 2 aromatic heterocycles. The Labute approximate surface area is 122 Å². The van der Waals surface area contributed by atoms with Crippen molar-refractivity contribution in [1.29, 1.82) is 0 Å². The van der Waals surface area contributed by atoms with Crippen molar-refractivity contribution in [3.8, 4) is 0 Å². The van der Waals surface area contributed by atoms with E-state index in [-0.39, 0.29) is 0 Å². The molecule has 0 radical (unpaired) electrons. The van der Waals surface area contributed by atoms with Crippen molar-refractivity contribution in [3.05, 3.63) is 54.5 Å². The van der Waals surface area contributed by atoms with E-state index in [9.17, 15) is 9.59 Å². The number of carbonyl (C=O) groups is 2. The van der Waals surface area contributed by atoms with E-state index in [1.54, 1.807) is 31.3 Å². The molecule has 108 valence electrons. The van der Waals surface area contributed by atoms with E-state index in [2.05, 4.69) is 15.3 Å². The van der Waals surface area contributed by atoms with E-state index in [0.717, 1.165) is 0 Å². The number of nitrogens with zero attached hydrogens (tertiary/aromatic N) is 2. The first-order valence-corrected chi connectivity index (χ1v) is 6.53. The van der Waals surface area contributed by atoms with E-state index >= 15 is 0 Å². The van der Waals surface area contributed by atoms with Crippen LogP contribution in [0.3, 0.4) is 0 Å². The van der Waals surface area contributed by atoms with Crippen LogP contribution in [-0.2, 0) is 9.53 Å². The molecule has 2 aromatic rings. The molecular weight excluding hydrogens is 270 g/mol. The van der Waals surface area contributed by atoms with Gasteiger partial charge in [-0.05, 0) is 30.7 Å². The zero-order valence-electron chi connectivity index (χ0n) is 11.5. The molecule has 6 heteroatoms. The van der Waals surface area contributed by atoms with E-state index in [4.69, 9.17) is 4.74 Å². The van der Waals surface area contributed by atoms with Crippen LogP contribution < -0.4 is 5.32 Å². The van der Waals surface area contributed by atoms with Gasteiger partial charge in [0.1, 0.15) is 5.82 Å². The van der Waals surface area contributed by atoms with Crippen molar-refractivity contribution >= 4 is 17.7 Å². The summed E-state index contributed by atoms with van der Waals surface area (Å²) < 4.78 is 5.21. The number of nitrogens with one attached hydrogen (secondary N) is 1. The molecule has 0 saturated heterocycles. The summed E-state index contributed by atoms with van der Waals surface area (Å²) >= 11 is 0. The highest BCUT2D eigenvalue weighted by Crippen LogP contribution is 2.08. The summed E-state index contributed by atoms with van der Waals surface area (Å²) in [5, 5.41) is 2.61. The third-order valence-corrected chi connectivity index (χ3v) is 2.74. The number of aromatic nitrogens is 2. The fraction of sp³-hybridized carbons (Fsp3) is 0.200. The molecule has 2 rings (SSSR count). The smallest absolute Gasteiger partial charge is 0.339 e. The first kappa shape index (κ1) is 14.6. The van der Waals surface area contributed by atoms with Gasteiger partial charge in [0, 0.05) is 18.6 Å². The third-order valence-electron chi connectivity index (χ3n) is 2.74. The monoisotopic (exact) mass is 285 g/mol. The molecule has 0 saturated carbocycles. The maximum absolute atomic E-state index is 12.1. The van der Waals surface area contributed by atoms with Gasteiger partial charge in [-0.2, -0.15) is 0 Å². The molecule has 0 fully saturated rings. The summed E-state index contributed by atoms with van der Waals surface area (Å²) in [6, 6.07) is 8.23. The standard InChI is InChI=1S/C15H15N3O3/c1-2-12(14(19)18-13-5-3-4-8-17-13)21-15(20)11-6-9-16-10-7-11/h3-10,12H,2H2,1H3,(H,17,18,19). The molecule has 1 amide bonds. The molecule has 0 aliphatic rings. The molecular formula is C15H15N3O3. The molecule has 2 heterocycles. The highest BCUT2D eigenvalue weighted by molar-refractivity contribution is 5.96. The summed E-state index contributed by atoms with van der Waals surface area (Å²) in [7, 11) is 0. The lowest BCUT2D eigenvalue weighted by molar-refractivity contribution is -0.124. The Morgan fingerprint density at radius 2 is 1.95 bits per heavy atom. The van der Waals surface area contributed by atoms with Crippen LogP contribution in [0.2, 0.25) is 0 Å². The Morgan fingerprint density at radius 3 is 2.57 bits per heavy atom. The van der Waals surface area contributed by atoms with Crippen LogP contribution in [0.5, 0.6) is 0 Å². The topological polar surface area (TPSA) is 81.2 Å². The Kier molecular flexibility index (Phi) is 4.98. The molecule has 1 N–H and O–H groups in total. The van der Waals surface area contributed by atoms with E-state index < -0.39 is 18.0 Å². The van der Waals surface area contributed by atoms with Gasteiger partial charge in [0.05, 0.1) is 5.56 Å². The van der Waals surface area contributed by atoms with Crippen LogP contribution >= 0.6 is 0 Å². The Balaban J connectivity index is 1.99. The van der Waals surface area contributed by atoms with Gasteiger partial charge in [0.2, 0.25) is 0 Å². The summed E-state index contributed by atoms with van der Waals surface area (Å²) in [6.45, 7) is 1.77. The predicted octanol–water partition coefficient (Wildman–Crippen LogP) is 2.05. The lowest BCUT2D eigenvalue weighted by atomic mass is 10.2. The lowest BCUT2D eigenvalue weighted by Gasteiger charge is -2.15. The van der Waals surface area contributed by atoms with Crippen LogP contribution in [0.1, 0.15) is 23.7 Å². The average molecular weight is 285 g/mol. The number of amides is 1. The van der Waals surface area contributed by atoms with Crippen molar-refractivity contribution in [2.45, 2.75) is 19.4 Å². The second-order valence-electron chi connectivity index (χ2n) is 4.24. The maximum atomic E-state index is 12.1. The fourth-order valence-corrected chi connectivity index (χ4v) is 1.65. The van der Waals surface area contributed by atoms with Crippen LogP contribution in [-0.4, -0.2) is 27.9 Å². The van der Waals surface area contributed by atoms with Crippen LogP contribution in [0, 0.1) is 0 Å². The Bertz CT molecular complexity index is 602. The summed E-state index contributed by atoms with van der Waals surface area (Å²) in [6.07, 6.45) is 4.05. The number of hydrogen-bond donors (Lipinski definition) is 1. The van der Waals surface area contributed by atoms with Crippen molar-refractivity contribution in [2.75, 3.05) is 5.32 Å². The van der Waals surface area contributed by atoms with Gasteiger partial charge >= 0.3 is 5.97 Å². The Hall–Kier alpha value is -2.76. The lowest BCUT2D eigenvalue weighted by Crippen LogP contribution is -2.32. The molecule has 1 atom stereocenters. The van der Waals surface area contributed by atoms with Gasteiger partial charge in [0.15, 0.2) is 6.10 Å². The molecule has 1 unspecified atom stereocenters. The number of esters is 1. The molecule has 0 bridgehead atoms. The largest absolute Gasteiger partial charge is 0.449 e. The number of anilines is 1. The first-order chi connectivity index (χ1) is 10.2. The molecule has 0 aliphatic heterocycles. The quantitative estimate of drug-likeness (QED) is 0.850. The fourth-order valence-electron chi connectivity index (χ4n) is 1.65. The molecule has 6 nitrogen and oxygen atoms in total. The highest BCUT2D eigenvalue weighted by Gasteiger charge is 2.22. The van der Waals surface area contributed by atoms with Gasteiger partial charge in [-0.1, -0.05) is 13.0 Å². The van der Waals surface area contributed by atoms with Gasteiger partial charge in [-0.15, -0.1) is 0 Å². The van der Waals surface area contributed by atoms with Gasteiger partial charge in [-0.3, -0.25) is 9.78 Å². The van der Waals surface area contributed by atoms with Crippen molar-refractivity contribution in [3.63, 3.8) is 0 Å².